The van der Waals surface area contributed by atoms with Crippen LogP contribution in [0.3, 0.4) is 0 Å². The average molecular weight is 449 g/mol. The number of hydrogen-bond acceptors (Lipinski definition) is 5. The number of hydrogen-bond donors (Lipinski definition) is 0. The van der Waals surface area contributed by atoms with Crippen molar-refractivity contribution in [2.45, 2.75) is 33.0 Å². The molecule has 2 aliphatic heterocycles. The van der Waals surface area contributed by atoms with E-state index >= 15 is 0 Å². The van der Waals surface area contributed by atoms with Gasteiger partial charge < -0.3 is 14.5 Å². The van der Waals surface area contributed by atoms with Crippen molar-refractivity contribution in [2.75, 3.05) is 32.8 Å². The molecule has 9 heteroatoms. The van der Waals surface area contributed by atoms with Crippen molar-refractivity contribution in [3.05, 3.63) is 70.8 Å². The molecule has 0 unspecified atom stereocenters. The van der Waals surface area contributed by atoms with Gasteiger partial charge in [-0.05, 0) is 12.5 Å². The van der Waals surface area contributed by atoms with Crippen molar-refractivity contribution in [2.24, 2.45) is 0 Å². The predicted molar refractivity (Wildman–Crippen MR) is 121 cm³/mol. The highest BCUT2D eigenvalue weighted by atomic mass is 16.5. The second-order valence-electron chi connectivity index (χ2n) is 8.38. The summed E-state index contributed by atoms with van der Waals surface area (Å²) in [5.74, 6) is -0.157. The smallest absolute Gasteiger partial charge is 0.274 e. The van der Waals surface area contributed by atoms with Gasteiger partial charge in [-0.3, -0.25) is 19.0 Å². The Labute approximate surface area is 192 Å². The van der Waals surface area contributed by atoms with Gasteiger partial charge in [-0.15, -0.1) is 0 Å². The van der Waals surface area contributed by atoms with Crippen LogP contribution in [0.25, 0.3) is 0 Å². The fourth-order valence-electron chi connectivity index (χ4n) is 4.47. The highest BCUT2D eigenvalue weighted by molar-refractivity contribution is 5.96. The Bertz CT molecular complexity index is 1150. The largest absolute Gasteiger partial charge is 0.378 e. The second kappa shape index (κ2) is 9.19. The molecule has 172 valence electrons. The zero-order valence-corrected chi connectivity index (χ0v) is 18.8. The van der Waals surface area contributed by atoms with Crippen LogP contribution in [0.15, 0.2) is 42.7 Å². The van der Waals surface area contributed by atoms with Crippen LogP contribution in [0.5, 0.6) is 0 Å². The lowest BCUT2D eigenvalue weighted by Gasteiger charge is -2.29. The first-order valence-electron chi connectivity index (χ1n) is 11.4. The molecular weight excluding hydrogens is 420 g/mol. The molecule has 0 aliphatic carbocycles. The van der Waals surface area contributed by atoms with Crippen molar-refractivity contribution < 1.29 is 14.3 Å². The summed E-state index contributed by atoms with van der Waals surface area (Å²) in [5, 5.41) is 9.01. The van der Waals surface area contributed by atoms with Crippen molar-refractivity contribution in [1.82, 2.24) is 29.4 Å². The molecule has 9 nitrogen and oxygen atoms in total. The molecule has 33 heavy (non-hydrogen) atoms. The molecule has 2 aromatic heterocycles. The number of aryl methyl sites for hydroxylation is 1. The number of rotatable bonds is 5. The molecule has 0 bridgehead atoms. The standard InChI is InChI=1S/C24H28N6O3/c1-2-29-16-19(14-25-29)23(31)28-9-8-21-20(17-28)22(24(32)27-10-12-33-13-11-27)26-30(21)15-18-6-4-3-5-7-18/h3-7,14,16H,2,8-13,15,17H2,1H3. The molecule has 3 aromatic rings. The van der Waals surface area contributed by atoms with E-state index in [1.807, 2.05) is 29.8 Å². The molecular formula is C24H28N6O3. The summed E-state index contributed by atoms with van der Waals surface area (Å²) in [4.78, 5) is 30.1. The monoisotopic (exact) mass is 448 g/mol. The summed E-state index contributed by atoms with van der Waals surface area (Å²) >= 11 is 0. The Morgan fingerprint density at radius 1 is 1.03 bits per heavy atom. The van der Waals surface area contributed by atoms with E-state index in [2.05, 4.69) is 17.2 Å². The second-order valence-corrected chi connectivity index (χ2v) is 8.38. The lowest BCUT2D eigenvalue weighted by Crippen LogP contribution is -2.42. The van der Waals surface area contributed by atoms with Gasteiger partial charge in [0, 0.05) is 50.1 Å². The predicted octanol–water partition coefficient (Wildman–Crippen LogP) is 1.82. The maximum absolute atomic E-state index is 13.4. The van der Waals surface area contributed by atoms with Gasteiger partial charge in [0.05, 0.1) is 38.1 Å². The van der Waals surface area contributed by atoms with Crippen LogP contribution in [-0.4, -0.2) is 74.0 Å². The van der Waals surface area contributed by atoms with Crippen LogP contribution in [0.4, 0.5) is 0 Å². The number of carbonyl (C=O) groups excluding carboxylic acids is 2. The fraction of sp³-hybridized carbons (Fsp3) is 0.417. The molecule has 2 amide bonds. The van der Waals surface area contributed by atoms with E-state index in [0.717, 1.165) is 16.8 Å². The van der Waals surface area contributed by atoms with E-state index in [0.29, 0.717) is 70.2 Å². The van der Waals surface area contributed by atoms with Crippen LogP contribution in [-0.2, 0) is 30.8 Å². The SMILES string of the molecule is CCn1cc(C(=O)N2CCc3c(c(C(=O)N4CCOCC4)nn3Cc3ccccc3)C2)cn1. The van der Waals surface area contributed by atoms with Gasteiger partial charge in [0.1, 0.15) is 0 Å². The summed E-state index contributed by atoms with van der Waals surface area (Å²) in [6, 6.07) is 10.1. The summed E-state index contributed by atoms with van der Waals surface area (Å²) < 4.78 is 9.09. The van der Waals surface area contributed by atoms with E-state index in [1.165, 1.54) is 0 Å². The third-order valence-electron chi connectivity index (χ3n) is 6.30. The molecule has 0 saturated carbocycles. The Hall–Kier alpha value is -3.46. The van der Waals surface area contributed by atoms with Crippen LogP contribution in [0.2, 0.25) is 0 Å². The van der Waals surface area contributed by atoms with Gasteiger partial charge in [0.2, 0.25) is 0 Å². The quantitative estimate of drug-likeness (QED) is 0.594. The molecule has 1 saturated heterocycles. The number of nitrogens with zero attached hydrogens (tertiary/aromatic N) is 6. The fourth-order valence-corrected chi connectivity index (χ4v) is 4.47. The summed E-state index contributed by atoms with van der Waals surface area (Å²) in [6.07, 6.45) is 4.04. The molecule has 0 spiro atoms. The van der Waals surface area contributed by atoms with Gasteiger partial charge in [-0.1, -0.05) is 30.3 Å². The molecule has 0 radical (unpaired) electrons. The highest BCUT2D eigenvalue weighted by Gasteiger charge is 2.33. The lowest BCUT2D eigenvalue weighted by molar-refractivity contribution is 0.0296. The van der Waals surface area contributed by atoms with E-state index in [9.17, 15) is 9.59 Å². The highest BCUT2D eigenvalue weighted by Crippen LogP contribution is 2.26. The van der Waals surface area contributed by atoms with Gasteiger partial charge in [0.25, 0.3) is 11.8 Å². The number of fused-ring (bicyclic) bond motifs is 1. The maximum atomic E-state index is 13.4. The number of ether oxygens (including phenoxy) is 1. The number of morpholine rings is 1. The zero-order chi connectivity index (χ0) is 22.8. The van der Waals surface area contributed by atoms with Crippen LogP contribution in [0.1, 0.15) is 44.6 Å². The Kier molecular flexibility index (Phi) is 5.95. The van der Waals surface area contributed by atoms with E-state index in [1.54, 1.807) is 26.9 Å². The van der Waals surface area contributed by atoms with Crippen molar-refractivity contribution in [1.29, 1.82) is 0 Å². The maximum Gasteiger partial charge on any atom is 0.274 e. The van der Waals surface area contributed by atoms with Gasteiger partial charge in [0.15, 0.2) is 5.69 Å². The van der Waals surface area contributed by atoms with Gasteiger partial charge in [-0.25, -0.2) is 0 Å². The van der Waals surface area contributed by atoms with E-state index in [-0.39, 0.29) is 11.8 Å². The molecule has 1 aromatic carbocycles. The van der Waals surface area contributed by atoms with Gasteiger partial charge in [-0.2, -0.15) is 10.2 Å². The van der Waals surface area contributed by atoms with Crippen molar-refractivity contribution in [3.63, 3.8) is 0 Å². The number of carbonyl (C=O) groups is 2. The Morgan fingerprint density at radius 2 is 1.82 bits per heavy atom. The summed E-state index contributed by atoms with van der Waals surface area (Å²) in [5.41, 5.74) is 4.02. The Balaban J connectivity index is 1.46. The number of amides is 2. The topological polar surface area (TPSA) is 85.5 Å². The molecule has 1 fully saturated rings. The van der Waals surface area contributed by atoms with Crippen molar-refractivity contribution in [3.8, 4) is 0 Å². The third-order valence-corrected chi connectivity index (χ3v) is 6.30. The molecule has 2 aliphatic rings. The average Bonchev–Trinajstić information content (AvgIpc) is 3.49. The minimum Gasteiger partial charge on any atom is -0.378 e. The summed E-state index contributed by atoms with van der Waals surface area (Å²) in [7, 11) is 0. The molecule has 0 atom stereocenters. The van der Waals surface area contributed by atoms with E-state index in [4.69, 9.17) is 9.84 Å². The Morgan fingerprint density at radius 3 is 2.55 bits per heavy atom. The first-order chi connectivity index (χ1) is 16.1. The van der Waals surface area contributed by atoms with E-state index < -0.39 is 0 Å². The number of aromatic nitrogens is 4. The van der Waals surface area contributed by atoms with Crippen molar-refractivity contribution >= 4 is 11.8 Å². The molecule has 0 N–H and O–H groups in total. The van der Waals surface area contributed by atoms with Crippen LogP contribution in [0, 0.1) is 0 Å². The minimum absolute atomic E-state index is 0.0686. The first-order valence-corrected chi connectivity index (χ1v) is 11.4. The number of benzene rings is 1. The minimum atomic E-state index is -0.0885. The van der Waals surface area contributed by atoms with Gasteiger partial charge >= 0.3 is 0 Å². The summed E-state index contributed by atoms with van der Waals surface area (Å²) in [6.45, 7) is 6.41. The third kappa shape index (κ3) is 4.28. The normalized spacial score (nSPS) is 16.0. The van der Waals surface area contributed by atoms with Crippen LogP contribution >= 0.6 is 0 Å². The zero-order valence-electron chi connectivity index (χ0n) is 18.8. The first kappa shape index (κ1) is 21.4. The lowest BCUT2D eigenvalue weighted by atomic mass is 10.0. The van der Waals surface area contributed by atoms with Crippen LogP contribution < -0.4 is 0 Å². The molecule has 4 heterocycles. The molecule has 5 rings (SSSR count).